The Kier molecular flexibility index (Phi) is 8.16. The van der Waals surface area contributed by atoms with Crippen molar-refractivity contribution in [2.45, 2.75) is 32.6 Å². The number of esters is 1. The van der Waals surface area contributed by atoms with Gasteiger partial charge in [-0.15, -0.1) is 0 Å². The number of ether oxygens (including phenoxy) is 2. The molecule has 0 fully saturated rings. The van der Waals surface area contributed by atoms with Crippen molar-refractivity contribution in [3.8, 4) is 5.75 Å². The van der Waals surface area contributed by atoms with Crippen LogP contribution >= 0.6 is 23.2 Å². The molecule has 0 spiro atoms. The summed E-state index contributed by atoms with van der Waals surface area (Å²) in [5, 5.41) is 0.910. The number of hydrogen-bond acceptors (Lipinski definition) is 3. The van der Waals surface area contributed by atoms with Crippen molar-refractivity contribution >= 4 is 29.2 Å². The van der Waals surface area contributed by atoms with Crippen molar-refractivity contribution in [3.05, 3.63) is 40.6 Å². The van der Waals surface area contributed by atoms with Crippen LogP contribution < -0.4 is 4.74 Å². The van der Waals surface area contributed by atoms with Crippen LogP contribution in [0.2, 0.25) is 10.0 Å². The first-order valence-electron chi connectivity index (χ1n) is 6.58. The maximum Gasteiger partial charge on any atom is 0.333 e. The van der Waals surface area contributed by atoms with Crippen LogP contribution in [0.5, 0.6) is 5.75 Å². The fourth-order valence-electron chi connectivity index (χ4n) is 1.48. The zero-order chi connectivity index (χ0) is 14.8. The second kappa shape index (κ2) is 9.67. The third-order valence-corrected chi connectivity index (χ3v) is 3.07. The molecule has 0 amide bonds. The number of unbranched alkanes of at least 4 members (excludes halogenated alkanes) is 3. The summed E-state index contributed by atoms with van der Waals surface area (Å²) in [6.45, 7) is 2.57. The molecule has 1 rings (SSSR count). The highest BCUT2D eigenvalue weighted by molar-refractivity contribution is 6.35. The van der Waals surface area contributed by atoms with E-state index >= 15 is 0 Å². The molecule has 0 N–H and O–H groups in total. The Bertz CT molecular complexity index is 458. The molecule has 0 aromatic heterocycles. The van der Waals surface area contributed by atoms with Gasteiger partial charge in [-0.2, -0.15) is 0 Å². The normalized spacial score (nSPS) is 10.8. The van der Waals surface area contributed by atoms with Crippen molar-refractivity contribution in [1.29, 1.82) is 0 Å². The molecule has 0 atom stereocenters. The van der Waals surface area contributed by atoms with E-state index in [-0.39, 0.29) is 0 Å². The van der Waals surface area contributed by atoms with Gasteiger partial charge in [0.05, 0.1) is 24.0 Å². The Morgan fingerprint density at radius 3 is 2.75 bits per heavy atom. The van der Waals surface area contributed by atoms with Gasteiger partial charge >= 0.3 is 5.97 Å². The summed E-state index contributed by atoms with van der Waals surface area (Å²) in [6, 6.07) is 4.85. The van der Waals surface area contributed by atoms with E-state index in [0.717, 1.165) is 25.7 Å². The average molecular weight is 317 g/mol. The summed E-state index contributed by atoms with van der Waals surface area (Å²) in [4.78, 5) is 11.4. The fraction of sp³-hybridized carbons (Fsp3) is 0.400. The van der Waals surface area contributed by atoms with Crippen LogP contribution in [0.1, 0.15) is 32.6 Å². The summed E-state index contributed by atoms with van der Waals surface area (Å²) >= 11 is 11.7. The van der Waals surface area contributed by atoms with Crippen LogP contribution in [0.25, 0.3) is 0 Å². The Labute approximate surface area is 129 Å². The van der Waals surface area contributed by atoms with Crippen LogP contribution in [0.15, 0.2) is 30.5 Å². The molecule has 0 saturated heterocycles. The monoisotopic (exact) mass is 316 g/mol. The Hall–Kier alpha value is -1.19. The van der Waals surface area contributed by atoms with Crippen LogP contribution in [0, 0.1) is 0 Å². The Balaban J connectivity index is 2.28. The number of carbonyl (C=O) groups excluding carboxylic acids is 1. The highest BCUT2D eigenvalue weighted by atomic mass is 35.5. The molecule has 20 heavy (non-hydrogen) atoms. The molecule has 0 bridgehead atoms. The van der Waals surface area contributed by atoms with Gasteiger partial charge in [-0.1, -0.05) is 49.4 Å². The van der Waals surface area contributed by atoms with Gasteiger partial charge in [0.1, 0.15) is 5.75 Å². The van der Waals surface area contributed by atoms with E-state index < -0.39 is 5.97 Å². The second-order valence-electron chi connectivity index (χ2n) is 4.22. The van der Waals surface area contributed by atoms with Crippen LogP contribution in [0.4, 0.5) is 0 Å². The number of benzene rings is 1. The van der Waals surface area contributed by atoms with E-state index in [2.05, 4.69) is 6.92 Å². The molecule has 0 unspecified atom stereocenters. The van der Waals surface area contributed by atoms with Gasteiger partial charge in [0.2, 0.25) is 0 Å². The topological polar surface area (TPSA) is 35.5 Å². The fourth-order valence-corrected chi connectivity index (χ4v) is 1.94. The zero-order valence-electron chi connectivity index (χ0n) is 11.4. The maximum atomic E-state index is 11.4. The number of rotatable bonds is 8. The van der Waals surface area contributed by atoms with Gasteiger partial charge in [0.25, 0.3) is 0 Å². The van der Waals surface area contributed by atoms with Gasteiger partial charge in [-0.3, -0.25) is 0 Å². The summed E-state index contributed by atoms with van der Waals surface area (Å²) in [7, 11) is 0. The number of hydrogen-bond donors (Lipinski definition) is 0. The SMILES string of the molecule is CCCCCCOC(=O)/C=C/Oc1ccc(Cl)cc1Cl. The summed E-state index contributed by atoms with van der Waals surface area (Å²) in [5.74, 6) is 0.00893. The van der Waals surface area contributed by atoms with Gasteiger partial charge in [0, 0.05) is 5.02 Å². The summed E-state index contributed by atoms with van der Waals surface area (Å²) < 4.78 is 10.3. The lowest BCUT2D eigenvalue weighted by atomic mass is 10.2. The molecule has 0 aliphatic heterocycles. The highest BCUT2D eigenvalue weighted by Crippen LogP contribution is 2.27. The molecule has 3 nitrogen and oxygen atoms in total. The largest absolute Gasteiger partial charge is 0.463 e. The highest BCUT2D eigenvalue weighted by Gasteiger charge is 2.01. The predicted molar refractivity (Wildman–Crippen MR) is 81.3 cm³/mol. The first-order valence-corrected chi connectivity index (χ1v) is 7.34. The molecule has 110 valence electrons. The first kappa shape index (κ1) is 16.9. The van der Waals surface area contributed by atoms with Crippen molar-refractivity contribution in [2.24, 2.45) is 0 Å². The van der Waals surface area contributed by atoms with Crippen LogP contribution in [-0.4, -0.2) is 12.6 Å². The van der Waals surface area contributed by atoms with Crippen LogP contribution in [0.3, 0.4) is 0 Å². The zero-order valence-corrected chi connectivity index (χ0v) is 12.9. The molecule has 1 aromatic rings. The Morgan fingerprint density at radius 2 is 2.05 bits per heavy atom. The summed E-state index contributed by atoms with van der Waals surface area (Å²) in [6.07, 6.45) is 6.75. The summed E-state index contributed by atoms with van der Waals surface area (Å²) in [5.41, 5.74) is 0. The molecule has 0 saturated carbocycles. The first-order chi connectivity index (χ1) is 9.63. The van der Waals surface area contributed by atoms with Crippen LogP contribution in [-0.2, 0) is 9.53 Å². The van der Waals surface area contributed by atoms with Crippen molar-refractivity contribution in [1.82, 2.24) is 0 Å². The van der Waals surface area contributed by atoms with Gasteiger partial charge < -0.3 is 9.47 Å². The molecule has 0 heterocycles. The lowest BCUT2D eigenvalue weighted by Crippen LogP contribution is -2.02. The van der Waals surface area contributed by atoms with E-state index in [9.17, 15) is 4.79 Å². The minimum atomic E-state index is -0.424. The van der Waals surface area contributed by atoms with Gasteiger partial charge in [0.15, 0.2) is 0 Å². The molecule has 0 aliphatic rings. The quantitative estimate of drug-likeness (QED) is 0.293. The van der Waals surface area contributed by atoms with Gasteiger partial charge in [-0.25, -0.2) is 4.79 Å². The molecule has 5 heteroatoms. The average Bonchev–Trinajstić information content (AvgIpc) is 2.41. The standard InChI is InChI=1S/C15H18Cl2O3/c1-2-3-4-5-9-20-15(18)8-10-19-14-7-6-12(16)11-13(14)17/h6-8,10-11H,2-5,9H2,1H3/b10-8+. The minimum Gasteiger partial charge on any atom is -0.463 e. The Morgan fingerprint density at radius 1 is 1.25 bits per heavy atom. The minimum absolute atomic E-state index is 0.384. The van der Waals surface area contributed by atoms with E-state index in [1.807, 2.05) is 0 Å². The number of carbonyl (C=O) groups is 1. The predicted octanol–water partition coefficient (Wildman–Crippen LogP) is 5.01. The lowest BCUT2D eigenvalue weighted by Gasteiger charge is -2.03. The molecule has 0 radical (unpaired) electrons. The molecule has 0 aliphatic carbocycles. The third-order valence-electron chi connectivity index (χ3n) is 2.54. The van der Waals surface area contributed by atoms with Crippen molar-refractivity contribution in [2.75, 3.05) is 6.61 Å². The lowest BCUT2D eigenvalue weighted by molar-refractivity contribution is -0.137. The van der Waals surface area contributed by atoms with Crippen molar-refractivity contribution < 1.29 is 14.3 Å². The van der Waals surface area contributed by atoms with Gasteiger partial charge in [-0.05, 0) is 24.6 Å². The second-order valence-corrected chi connectivity index (χ2v) is 5.07. The van der Waals surface area contributed by atoms with E-state index in [1.54, 1.807) is 18.2 Å². The smallest absolute Gasteiger partial charge is 0.333 e. The van der Waals surface area contributed by atoms with E-state index in [4.69, 9.17) is 32.7 Å². The van der Waals surface area contributed by atoms with E-state index in [0.29, 0.717) is 22.4 Å². The third kappa shape index (κ3) is 6.83. The molecular weight excluding hydrogens is 299 g/mol. The maximum absolute atomic E-state index is 11.4. The number of halogens is 2. The molecule has 1 aromatic carbocycles. The molecular formula is C15H18Cl2O3. The van der Waals surface area contributed by atoms with Crippen molar-refractivity contribution in [3.63, 3.8) is 0 Å². The van der Waals surface area contributed by atoms with E-state index in [1.165, 1.54) is 12.3 Å².